The van der Waals surface area contributed by atoms with Crippen molar-refractivity contribution >= 4 is 21.1 Å². The van der Waals surface area contributed by atoms with Crippen molar-refractivity contribution < 1.29 is 13.2 Å². The second kappa shape index (κ2) is 5.08. The molecular weight excluding hydrogens is 268 g/mol. The smallest absolute Gasteiger partial charge is 0.277 e. The van der Waals surface area contributed by atoms with Crippen LogP contribution in [0.5, 0.6) is 5.88 Å². The Labute approximate surface area is 111 Å². The van der Waals surface area contributed by atoms with Crippen LogP contribution in [0.2, 0.25) is 0 Å². The first-order valence-electron chi connectivity index (χ1n) is 5.49. The van der Waals surface area contributed by atoms with Crippen molar-refractivity contribution in [2.45, 2.75) is 13.8 Å². The van der Waals surface area contributed by atoms with Crippen LogP contribution in [-0.2, 0) is 10.2 Å². The minimum atomic E-state index is -3.78. The predicted molar refractivity (Wildman–Crippen MR) is 70.7 cm³/mol. The zero-order chi connectivity index (χ0) is 14.0. The summed E-state index contributed by atoms with van der Waals surface area (Å²) in [6.45, 7) is 3.67. The normalized spacial score (nSPS) is 11.7. The van der Waals surface area contributed by atoms with E-state index in [1.165, 1.54) is 6.33 Å². The second-order valence-electron chi connectivity index (χ2n) is 4.11. The zero-order valence-corrected chi connectivity index (χ0v) is 11.4. The first kappa shape index (κ1) is 13.7. The highest BCUT2D eigenvalue weighted by atomic mass is 32.2. The van der Waals surface area contributed by atoms with Gasteiger partial charge in [-0.25, -0.2) is 15.1 Å². The first-order valence-corrected chi connectivity index (χ1v) is 7.03. The Morgan fingerprint density at radius 3 is 2.63 bits per heavy atom. The Morgan fingerprint density at radius 2 is 1.95 bits per heavy atom. The standard InChI is InChI=1S/C11H14N4O3S/c1-7-3-9-10(4-8(7)2)13-5-14-11(9)18-6-15-19(12,16)17/h3-5,15H,6H2,1-2H3,(H2,12,16,17). The van der Waals surface area contributed by atoms with Gasteiger partial charge >= 0.3 is 0 Å². The van der Waals surface area contributed by atoms with Crippen molar-refractivity contribution in [2.24, 2.45) is 5.14 Å². The molecule has 1 heterocycles. The van der Waals surface area contributed by atoms with Crippen LogP contribution in [0.4, 0.5) is 0 Å². The Balaban J connectivity index is 2.31. The van der Waals surface area contributed by atoms with E-state index in [-0.39, 0.29) is 6.73 Å². The summed E-state index contributed by atoms with van der Waals surface area (Å²) in [5.74, 6) is 0.309. The number of aryl methyl sites for hydroxylation is 2. The largest absolute Gasteiger partial charge is 0.460 e. The summed E-state index contributed by atoms with van der Waals surface area (Å²) in [7, 11) is -3.78. The van der Waals surface area contributed by atoms with Gasteiger partial charge in [-0.1, -0.05) is 0 Å². The van der Waals surface area contributed by atoms with Crippen LogP contribution in [0.25, 0.3) is 10.9 Å². The van der Waals surface area contributed by atoms with Crippen LogP contribution >= 0.6 is 0 Å². The molecule has 0 radical (unpaired) electrons. The van der Waals surface area contributed by atoms with Crippen LogP contribution in [0.15, 0.2) is 18.5 Å². The highest BCUT2D eigenvalue weighted by molar-refractivity contribution is 7.87. The van der Waals surface area contributed by atoms with Gasteiger partial charge in [0.05, 0.1) is 10.9 Å². The lowest BCUT2D eigenvalue weighted by atomic mass is 10.1. The lowest BCUT2D eigenvalue weighted by Crippen LogP contribution is -2.33. The molecule has 102 valence electrons. The molecule has 0 unspecified atom stereocenters. The third-order valence-corrected chi connectivity index (χ3v) is 3.20. The van der Waals surface area contributed by atoms with E-state index in [0.29, 0.717) is 5.88 Å². The average Bonchev–Trinajstić information content (AvgIpc) is 2.30. The SMILES string of the molecule is Cc1cc2ncnc(OCNS(N)(=O)=O)c2cc1C. The molecule has 19 heavy (non-hydrogen) atoms. The molecule has 7 nitrogen and oxygen atoms in total. The van der Waals surface area contributed by atoms with E-state index < -0.39 is 10.2 Å². The summed E-state index contributed by atoms with van der Waals surface area (Å²) in [4.78, 5) is 8.13. The third kappa shape index (κ3) is 3.37. The number of rotatable bonds is 4. The van der Waals surface area contributed by atoms with Crippen LogP contribution in [-0.4, -0.2) is 25.1 Å². The summed E-state index contributed by atoms with van der Waals surface area (Å²) in [5.41, 5.74) is 2.93. The third-order valence-electron chi connectivity index (χ3n) is 2.68. The van der Waals surface area contributed by atoms with Gasteiger partial charge in [-0.3, -0.25) is 0 Å². The molecule has 0 aliphatic carbocycles. The number of benzene rings is 1. The molecule has 3 N–H and O–H groups in total. The maximum atomic E-state index is 10.7. The van der Waals surface area contributed by atoms with Crippen LogP contribution in [0.3, 0.4) is 0 Å². The van der Waals surface area contributed by atoms with Gasteiger partial charge in [-0.2, -0.15) is 13.1 Å². The number of nitrogens with two attached hydrogens (primary N) is 1. The number of ether oxygens (including phenoxy) is 1. The average molecular weight is 282 g/mol. The van der Waals surface area contributed by atoms with E-state index >= 15 is 0 Å². The Morgan fingerprint density at radius 1 is 1.26 bits per heavy atom. The molecule has 1 aromatic carbocycles. The van der Waals surface area contributed by atoms with Crippen molar-refractivity contribution in [1.29, 1.82) is 0 Å². The molecule has 2 rings (SSSR count). The van der Waals surface area contributed by atoms with Crippen molar-refractivity contribution in [1.82, 2.24) is 14.7 Å². The predicted octanol–water partition coefficient (Wildman–Crippen LogP) is 0.376. The molecule has 0 aliphatic heterocycles. The molecule has 0 spiro atoms. The van der Waals surface area contributed by atoms with Gasteiger partial charge in [0, 0.05) is 0 Å². The number of hydrogen-bond acceptors (Lipinski definition) is 5. The minimum absolute atomic E-state index is 0.280. The molecule has 8 heteroatoms. The van der Waals surface area contributed by atoms with Gasteiger partial charge in [-0.15, -0.1) is 0 Å². The van der Waals surface area contributed by atoms with E-state index in [1.54, 1.807) is 0 Å². The summed E-state index contributed by atoms with van der Waals surface area (Å²) >= 11 is 0. The topological polar surface area (TPSA) is 107 Å². The lowest BCUT2D eigenvalue weighted by Gasteiger charge is -2.09. The molecule has 2 aromatic rings. The van der Waals surface area contributed by atoms with Crippen molar-refractivity contribution in [3.8, 4) is 5.88 Å². The number of aromatic nitrogens is 2. The van der Waals surface area contributed by atoms with Crippen molar-refractivity contribution in [3.63, 3.8) is 0 Å². The fraction of sp³-hybridized carbons (Fsp3) is 0.273. The molecule has 1 aromatic heterocycles. The fourth-order valence-electron chi connectivity index (χ4n) is 1.59. The zero-order valence-electron chi connectivity index (χ0n) is 10.5. The number of hydrogen-bond donors (Lipinski definition) is 2. The van der Waals surface area contributed by atoms with Gasteiger partial charge in [0.2, 0.25) is 5.88 Å². The van der Waals surface area contributed by atoms with Crippen LogP contribution < -0.4 is 14.6 Å². The molecule has 0 atom stereocenters. The minimum Gasteiger partial charge on any atom is -0.460 e. The molecule has 0 aliphatic rings. The molecule has 0 bridgehead atoms. The monoisotopic (exact) mass is 282 g/mol. The second-order valence-corrected chi connectivity index (χ2v) is 5.49. The lowest BCUT2D eigenvalue weighted by molar-refractivity contribution is 0.302. The Kier molecular flexibility index (Phi) is 3.65. The maximum absolute atomic E-state index is 10.7. The van der Waals surface area contributed by atoms with E-state index in [1.807, 2.05) is 30.7 Å². The number of nitrogens with one attached hydrogen (secondary N) is 1. The molecule has 0 amide bonds. The highest BCUT2D eigenvalue weighted by Gasteiger charge is 2.08. The van der Waals surface area contributed by atoms with Gasteiger partial charge in [0.15, 0.2) is 6.73 Å². The van der Waals surface area contributed by atoms with Crippen molar-refractivity contribution in [3.05, 3.63) is 29.6 Å². The fourth-order valence-corrected chi connectivity index (χ4v) is 1.81. The van der Waals surface area contributed by atoms with E-state index in [4.69, 9.17) is 9.88 Å². The summed E-state index contributed by atoms with van der Waals surface area (Å²) < 4.78 is 28.8. The Hall–Kier alpha value is -1.77. The van der Waals surface area contributed by atoms with Crippen molar-refractivity contribution in [2.75, 3.05) is 6.73 Å². The van der Waals surface area contributed by atoms with E-state index in [0.717, 1.165) is 22.0 Å². The molecule has 0 fully saturated rings. The summed E-state index contributed by atoms with van der Waals surface area (Å²) in [6, 6.07) is 3.82. The van der Waals surface area contributed by atoms with Crippen LogP contribution in [0.1, 0.15) is 11.1 Å². The summed E-state index contributed by atoms with van der Waals surface area (Å²) in [6.07, 6.45) is 1.36. The number of nitrogens with zero attached hydrogens (tertiary/aromatic N) is 2. The highest BCUT2D eigenvalue weighted by Crippen LogP contribution is 2.24. The first-order chi connectivity index (χ1) is 8.87. The van der Waals surface area contributed by atoms with Gasteiger partial charge in [0.25, 0.3) is 10.2 Å². The molecule has 0 saturated heterocycles. The quantitative estimate of drug-likeness (QED) is 0.788. The van der Waals surface area contributed by atoms with Gasteiger partial charge in [0.1, 0.15) is 6.33 Å². The van der Waals surface area contributed by atoms with E-state index in [2.05, 4.69) is 9.97 Å². The molecule has 0 saturated carbocycles. The summed E-state index contributed by atoms with van der Waals surface area (Å²) in [5, 5.41) is 5.53. The van der Waals surface area contributed by atoms with Gasteiger partial charge in [-0.05, 0) is 37.1 Å². The number of fused-ring (bicyclic) bond motifs is 1. The van der Waals surface area contributed by atoms with E-state index in [9.17, 15) is 8.42 Å². The van der Waals surface area contributed by atoms with Gasteiger partial charge < -0.3 is 4.74 Å². The van der Waals surface area contributed by atoms with Crippen LogP contribution in [0, 0.1) is 13.8 Å². The molecular formula is C11H14N4O3S. The Bertz CT molecular complexity index is 715. The maximum Gasteiger partial charge on any atom is 0.277 e.